The Bertz CT molecular complexity index is 966. The number of rotatable bonds is 6. The van der Waals surface area contributed by atoms with Crippen LogP contribution in [-0.2, 0) is 4.79 Å². The SMILES string of the molecule is Cc1c(Cl)cccc1NC(=O)[C@@H](C)Sc1nnc(-c2cccs2)n1C1CC1. The van der Waals surface area contributed by atoms with E-state index >= 15 is 0 Å². The number of thiophene rings is 1. The molecule has 0 aliphatic heterocycles. The van der Waals surface area contributed by atoms with Gasteiger partial charge in [0.2, 0.25) is 5.91 Å². The average molecular weight is 419 g/mol. The van der Waals surface area contributed by atoms with Gasteiger partial charge in [-0.1, -0.05) is 35.5 Å². The third-order valence-corrected chi connectivity index (χ3v) is 6.83. The van der Waals surface area contributed by atoms with Gasteiger partial charge in [0.05, 0.1) is 10.1 Å². The lowest BCUT2D eigenvalue weighted by molar-refractivity contribution is -0.115. The number of aromatic nitrogens is 3. The Balaban J connectivity index is 1.52. The van der Waals surface area contributed by atoms with Gasteiger partial charge >= 0.3 is 0 Å². The fourth-order valence-electron chi connectivity index (χ4n) is 2.78. The second-order valence-corrected chi connectivity index (χ2v) is 9.21. The van der Waals surface area contributed by atoms with E-state index in [1.54, 1.807) is 11.3 Å². The summed E-state index contributed by atoms with van der Waals surface area (Å²) in [5.74, 6) is 0.821. The van der Waals surface area contributed by atoms with Crippen molar-refractivity contribution < 1.29 is 4.79 Å². The van der Waals surface area contributed by atoms with Crippen LogP contribution in [0.1, 0.15) is 31.4 Å². The molecule has 4 rings (SSSR count). The number of amides is 1. The van der Waals surface area contributed by atoms with E-state index in [4.69, 9.17) is 11.6 Å². The van der Waals surface area contributed by atoms with Crippen LogP contribution in [-0.4, -0.2) is 25.9 Å². The van der Waals surface area contributed by atoms with Crippen molar-refractivity contribution in [2.75, 3.05) is 5.32 Å². The zero-order chi connectivity index (χ0) is 19.0. The molecule has 1 saturated carbocycles. The van der Waals surface area contributed by atoms with Gasteiger partial charge < -0.3 is 5.32 Å². The number of hydrogen-bond donors (Lipinski definition) is 1. The van der Waals surface area contributed by atoms with E-state index in [0.29, 0.717) is 11.1 Å². The van der Waals surface area contributed by atoms with E-state index in [9.17, 15) is 4.79 Å². The van der Waals surface area contributed by atoms with Crippen molar-refractivity contribution in [3.05, 3.63) is 46.3 Å². The second-order valence-electron chi connectivity index (χ2n) is 6.55. The quantitative estimate of drug-likeness (QED) is 0.543. The maximum absolute atomic E-state index is 12.7. The number of anilines is 1. The first kappa shape index (κ1) is 18.5. The number of carbonyl (C=O) groups is 1. The summed E-state index contributed by atoms with van der Waals surface area (Å²) in [4.78, 5) is 13.8. The van der Waals surface area contributed by atoms with Gasteiger partial charge in [-0.2, -0.15) is 0 Å². The van der Waals surface area contributed by atoms with Crippen LogP contribution in [0.15, 0.2) is 40.9 Å². The summed E-state index contributed by atoms with van der Waals surface area (Å²) in [7, 11) is 0. The van der Waals surface area contributed by atoms with E-state index in [1.807, 2.05) is 43.5 Å². The van der Waals surface area contributed by atoms with Crippen molar-refractivity contribution in [2.24, 2.45) is 0 Å². The fraction of sp³-hybridized carbons (Fsp3) is 0.316. The lowest BCUT2D eigenvalue weighted by atomic mass is 10.2. The average Bonchev–Trinajstić information content (AvgIpc) is 3.17. The maximum atomic E-state index is 12.7. The van der Waals surface area contributed by atoms with Gasteiger partial charge in [-0.15, -0.1) is 21.5 Å². The molecule has 27 heavy (non-hydrogen) atoms. The summed E-state index contributed by atoms with van der Waals surface area (Å²) in [6, 6.07) is 10.0. The highest BCUT2D eigenvalue weighted by Crippen LogP contribution is 2.42. The molecule has 1 fully saturated rings. The first-order valence-corrected chi connectivity index (χ1v) is 10.9. The number of benzene rings is 1. The van der Waals surface area contributed by atoms with Crippen molar-refractivity contribution in [2.45, 2.75) is 43.1 Å². The molecule has 1 N–H and O–H groups in total. The molecule has 1 aliphatic rings. The Morgan fingerprint density at radius 3 is 2.85 bits per heavy atom. The van der Waals surface area contributed by atoms with Gasteiger partial charge in [-0.05, 0) is 55.8 Å². The minimum atomic E-state index is -0.304. The van der Waals surface area contributed by atoms with Gasteiger partial charge in [0.25, 0.3) is 0 Å². The highest BCUT2D eigenvalue weighted by molar-refractivity contribution is 8.00. The minimum absolute atomic E-state index is 0.0756. The van der Waals surface area contributed by atoms with Gasteiger partial charge in [0.1, 0.15) is 0 Å². The molecule has 0 unspecified atom stereocenters. The van der Waals surface area contributed by atoms with Crippen LogP contribution >= 0.6 is 34.7 Å². The highest BCUT2D eigenvalue weighted by Gasteiger charge is 2.31. The Labute approximate surface area is 171 Å². The molecule has 2 heterocycles. The van der Waals surface area contributed by atoms with Crippen molar-refractivity contribution in [3.63, 3.8) is 0 Å². The molecule has 5 nitrogen and oxygen atoms in total. The van der Waals surface area contributed by atoms with E-state index in [2.05, 4.69) is 26.1 Å². The molecule has 0 bridgehead atoms. The van der Waals surface area contributed by atoms with Crippen LogP contribution in [0.5, 0.6) is 0 Å². The van der Waals surface area contributed by atoms with Crippen LogP contribution < -0.4 is 5.32 Å². The molecule has 8 heteroatoms. The molecular formula is C19H19ClN4OS2. The standard InChI is InChI=1S/C19H19ClN4OS2/c1-11-14(20)5-3-6-15(11)21-18(25)12(2)27-19-23-22-17(16-7-4-10-26-16)24(19)13-8-9-13/h3-7,10,12-13H,8-9H2,1-2H3,(H,21,25)/t12-/m1/s1. The molecule has 1 aliphatic carbocycles. The smallest absolute Gasteiger partial charge is 0.237 e. The fourth-order valence-corrected chi connectivity index (χ4v) is 4.58. The Hall–Kier alpha value is -1.83. The normalized spacial score (nSPS) is 14.9. The predicted octanol–water partition coefficient (Wildman–Crippen LogP) is 5.42. The topological polar surface area (TPSA) is 59.8 Å². The third kappa shape index (κ3) is 3.90. The molecule has 1 atom stereocenters. The molecule has 0 radical (unpaired) electrons. The Morgan fingerprint density at radius 1 is 1.33 bits per heavy atom. The van der Waals surface area contributed by atoms with Crippen LogP contribution in [0.3, 0.4) is 0 Å². The molecule has 2 aromatic heterocycles. The molecule has 1 aromatic carbocycles. The molecule has 3 aromatic rings. The van der Waals surface area contributed by atoms with Crippen LogP contribution in [0.4, 0.5) is 5.69 Å². The molecule has 1 amide bonds. The first-order chi connectivity index (χ1) is 13.0. The van der Waals surface area contributed by atoms with Crippen molar-refractivity contribution in [3.8, 4) is 10.7 Å². The van der Waals surface area contributed by atoms with E-state index in [-0.39, 0.29) is 11.2 Å². The van der Waals surface area contributed by atoms with Crippen LogP contribution in [0, 0.1) is 6.92 Å². The number of nitrogens with one attached hydrogen (secondary N) is 1. The van der Waals surface area contributed by atoms with Gasteiger partial charge in [-0.25, -0.2) is 0 Å². The zero-order valence-electron chi connectivity index (χ0n) is 15.0. The Kier molecular flexibility index (Phi) is 5.25. The summed E-state index contributed by atoms with van der Waals surface area (Å²) in [6.07, 6.45) is 2.26. The highest BCUT2D eigenvalue weighted by atomic mass is 35.5. The monoisotopic (exact) mass is 418 g/mol. The van der Waals surface area contributed by atoms with Crippen LogP contribution in [0.25, 0.3) is 10.7 Å². The lowest BCUT2D eigenvalue weighted by Crippen LogP contribution is -2.23. The third-order valence-electron chi connectivity index (χ3n) is 4.50. The largest absolute Gasteiger partial charge is 0.325 e. The number of thioether (sulfide) groups is 1. The first-order valence-electron chi connectivity index (χ1n) is 8.76. The summed E-state index contributed by atoms with van der Waals surface area (Å²) in [5, 5.41) is 14.9. The van der Waals surface area contributed by atoms with Crippen molar-refractivity contribution in [1.82, 2.24) is 14.8 Å². The number of carbonyl (C=O) groups excluding carboxylic acids is 1. The van der Waals surface area contributed by atoms with Crippen molar-refractivity contribution in [1.29, 1.82) is 0 Å². The number of nitrogens with zero attached hydrogens (tertiary/aromatic N) is 3. The maximum Gasteiger partial charge on any atom is 0.237 e. The van der Waals surface area contributed by atoms with E-state index in [0.717, 1.165) is 40.0 Å². The summed E-state index contributed by atoms with van der Waals surface area (Å²) in [5.41, 5.74) is 1.61. The summed E-state index contributed by atoms with van der Waals surface area (Å²) >= 11 is 9.24. The van der Waals surface area contributed by atoms with Crippen molar-refractivity contribution >= 4 is 46.3 Å². The van der Waals surface area contributed by atoms with E-state index < -0.39 is 0 Å². The lowest BCUT2D eigenvalue weighted by Gasteiger charge is -2.14. The molecular weight excluding hydrogens is 400 g/mol. The van der Waals surface area contributed by atoms with Gasteiger partial charge in [0.15, 0.2) is 11.0 Å². The Morgan fingerprint density at radius 2 is 2.15 bits per heavy atom. The zero-order valence-corrected chi connectivity index (χ0v) is 17.4. The summed E-state index contributed by atoms with van der Waals surface area (Å²) in [6.45, 7) is 3.78. The molecule has 0 saturated heterocycles. The predicted molar refractivity (Wildman–Crippen MR) is 112 cm³/mol. The van der Waals surface area contributed by atoms with Gasteiger partial charge in [0, 0.05) is 16.8 Å². The number of halogens is 1. The van der Waals surface area contributed by atoms with E-state index in [1.165, 1.54) is 11.8 Å². The summed E-state index contributed by atoms with van der Waals surface area (Å²) < 4.78 is 2.19. The second kappa shape index (κ2) is 7.66. The minimum Gasteiger partial charge on any atom is -0.325 e. The molecule has 0 spiro atoms. The van der Waals surface area contributed by atoms with Crippen LogP contribution in [0.2, 0.25) is 5.02 Å². The molecule has 140 valence electrons. The number of hydrogen-bond acceptors (Lipinski definition) is 5. The van der Waals surface area contributed by atoms with Gasteiger partial charge in [-0.3, -0.25) is 9.36 Å².